The zero-order valence-electron chi connectivity index (χ0n) is 18.2. The lowest BCUT2D eigenvalue weighted by molar-refractivity contribution is 0.0530. The maximum absolute atomic E-state index is 5.67. The number of rotatable bonds is 8. The third-order valence-corrected chi connectivity index (χ3v) is 6.59. The van der Waals surface area contributed by atoms with Crippen LogP contribution in [0.25, 0.3) is 0 Å². The number of hydrogen-bond acceptors (Lipinski definition) is 4. The summed E-state index contributed by atoms with van der Waals surface area (Å²) in [5.74, 6) is 1.87. The number of aliphatic imine (C=N–C) groups is 1. The Morgan fingerprint density at radius 3 is 2.57 bits per heavy atom. The molecule has 1 fully saturated rings. The molecule has 0 spiro atoms. The minimum Gasteiger partial charge on any atom is -0.497 e. The first-order chi connectivity index (χ1) is 14.2. The van der Waals surface area contributed by atoms with Gasteiger partial charge in [0.1, 0.15) is 5.75 Å². The van der Waals surface area contributed by atoms with Crippen molar-refractivity contribution >= 4 is 41.3 Å². The number of methoxy groups -OCH3 is 1. The first-order valence-electron chi connectivity index (χ1n) is 10.4. The number of halogens is 1. The van der Waals surface area contributed by atoms with Crippen molar-refractivity contribution in [2.45, 2.75) is 31.6 Å². The quantitative estimate of drug-likeness (QED) is 0.301. The van der Waals surface area contributed by atoms with Crippen LogP contribution in [0.5, 0.6) is 5.75 Å². The van der Waals surface area contributed by atoms with E-state index in [4.69, 9.17) is 14.5 Å². The summed E-state index contributed by atoms with van der Waals surface area (Å²) in [6, 6.07) is 12.8. The monoisotopic (exact) mass is 543 g/mol. The average Bonchev–Trinajstić information content (AvgIpc) is 3.29. The number of guanidine groups is 1. The molecule has 7 heteroatoms. The number of benzene rings is 1. The highest BCUT2D eigenvalue weighted by Gasteiger charge is 2.34. The summed E-state index contributed by atoms with van der Waals surface area (Å²) in [7, 11) is 3.83. The van der Waals surface area contributed by atoms with Gasteiger partial charge < -0.3 is 19.7 Å². The van der Waals surface area contributed by atoms with Crippen LogP contribution in [0.3, 0.4) is 0 Å². The average molecular weight is 544 g/mol. The highest BCUT2D eigenvalue weighted by Crippen LogP contribution is 2.36. The number of ether oxygens (including phenoxy) is 2. The summed E-state index contributed by atoms with van der Waals surface area (Å²) < 4.78 is 11.0. The van der Waals surface area contributed by atoms with Gasteiger partial charge in [-0.3, -0.25) is 4.99 Å². The van der Waals surface area contributed by atoms with Crippen LogP contribution in [0.4, 0.5) is 0 Å². The van der Waals surface area contributed by atoms with E-state index in [0.717, 1.165) is 63.8 Å². The Bertz CT molecular complexity index is 759. The molecule has 30 heavy (non-hydrogen) atoms. The van der Waals surface area contributed by atoms with E-state index in [1.54, 1.807) is 7.11 Å². The maximum Gasteiger partial charge on any atom is 0.193 e. The molecular formula is C23H34IN3O2S. The normalized spacial score (nSPS) is 15.9. The minimum absolute atomic E-state index is 0. The van der Waals surface area contributed by atoms with Gasteiger partial charge >= 0.3 is 0 Å². The summed E-state index contributed by atoms with van der Waals surface area (Å²) >= 11 is 1.81. The van der Waals surface area contributed by atoms with Crippen molar-refractivity contribution in [1.82, 2.24) is 10.2 Å². The largest absolute Gasteiger partial charge is 0.497 e. The van der Waals surface area contributed by atoms with E-state index in [1.165, 1.54) is 10.4 Å². The Morgan fingerprint density at radius 2 is 1.97 bits per heavy atom. The molecule has 0 bridgehead atoms. The lowest BCUT2D eigenvalue weighted by atomic mass is 9.74. The number of likely N-dealkylation sites (N-methyl/N-ethyl adjacent to an activating group) is 1. The molecule has 2 aromatic rings. The summed E-state index contributed by atoms with van der Waals surface area (Å²) in [5, 5.41) is 5.60. The van der Waals surface area contributed by atoms with Crippen molar-refractivity contribution in [1.29, 1.82) is 0 Å². The smallest absolute Gasteiger partial charge is 0.193 e. The van der Waals surface area contributed by atoms with Gasteiger partial charge in [0, 0.05) is 43.6 Å². The van der Waals surface area contributed by atoms with Crippen LogP contribution in [-0.4, -0.2) is 57.9 Å². The van der Waals surface area contributed by atoms with Crippen LogP contribution >= 0.6 is 35.3 Å². The van der Waals surface area contributed by atoms with Gasteiger partial charge in [0.15, 0.2) is 5.96 Å². The van der Waals surface area contributed by atoms with Crippen molar-refractivity contribution in [2.24, 2.45) is 4.99 Å². The van der Waals surface area contributed by atoms with Crippen LogP contribution < -0.4 is 10.1 Å². The fourth-order valence-electron chi connectivity index (χ4n) is 3.78. The van der Waals surface area contributed by atoms with E-state index in [9.17, 15) is 0 Å². The first kappa shape index (κ1) is 24.9. The van der Waals surface area contributed by atoms with E-state index in [1.807, 2.05) is 11.3 Å². The Labute approximate surface area is 201 Å². The standard InChI is InChI=1S/C23H33N3O2S.HI/c1-4-24-22(26(2)14-11-21-6-5-17-29-21)25-18-23(12-15-28-16-13-23)19-7-9-20(27-3)10-8-19;/h5-10,17H,4,11-16,18H2,1-3H3,(H,24,25);1H. The van der Waals surface area contributed by atoms with Crippen molar-refractivity contribution in [3.05, 3.63) is 52.2 Å². The molecule has 1 aliphatic rings. The van der Waals surface area contributed by atoms with Crippen LogP contribution in [0.1, 0.15) is 30.2 Å². The summed E-state index contributed by atoms with van der Waals surface area (Å²) in [4.78, 5) is 8.73. The number of nitrogens with one attached hydrogen (secondary N) is 1. The van der Waals surface area contributed by atoms with E-state index in [2.05, 4.69) is 66.0 Å². The summed E-state index contributed by atoms with van der Waals surface area (Å²) in [6.07, 6.45) is 3.01. The zero-order chi connectivity index (χ0) is 20.5. The summed E-state index contributed by atoms with van der Waals surface area (Å²) in [6.45, 7) is 6.26. The first-order valence-corrected chi connectivity index (χ1v) is 11.3. The molecule has 0 saturated carbocycles. The van der Waals surface area contributed by atoms with Gasteiger partial charge in [-0.05, 0) is 55.3 Å². The number of nitrogens with zero attached hydrogens (tertiary/aromatic N) is 2. The van der Waals surface area contributed by atoms with Gasteiger partial charge in [-0.1, -0.05) is 18.2 Å². The Hall–Kier alpha value is -1.32. The van der Waals surface area contributed by atoms with Crippen LogP contribution in [-0.2, 0) is 16.6 Å². The van der Waals surface area contributed by atoms with Crippen LogP contribution in [0.2, 0.25) is 0 Å². The maximum atomic E-state index is 5.67. The molecule has 0 unspecified atom stereocenters. The molecule has 0 atom stereocenters. The van der Waals surface area contributed by atoms with Gasteiger partial charge in [-0.15, -0.1) is 35.3 Å². The topological polar surface area (TPSA) is 46.1 Å². The van der Waals surface area contributed by atoms with Gasteiger partial charge in [-0.25, -0.2) is 0 Å². The second-order valence-corrected chi connectivity index (χ2v) is 8.57. The van der Waals surface area contributed by atoms with E-state index < -0.39 is 0 Å². The van der Waals surface area contributed by atoms with Crippen LogP contribution in [0.15, 0.2) is 46.8 Å². The molecule has 0 amide bonds. The van der Waals surface area contributed by atoms with E-state index in [-0.39, 0.29) is 29.4 Å². The fourth-order valence-corrected chi connectivity index (χ4v) is 4.48. The SMILES string of the molecule is CCNC(=NCC1(c2ccc(OC)cc2)CCOCC1)N(C)CCc1cccs1.I. The third-order valence-electron chi connectivity index (χ3n) is 5.65. The molecule has 3 rings (SSSR count). The molecule has 2 heterocycles. The Morgan fingerprint density at radius 1 is 1.23 bits per heavy atom. The van der Waals surface area contributed by atoms with E-state index >= 15 is 0 Å². The second kappa shape index (κ2) is 12.5. The molecule has 1 N–H and O–H groups in total. The molecular weight excluding hydrogens is 509 g/mol. The van der Waals surface area contributed by atoms with Crippen LogP contribution in [0, 0.1) is 0 Å². The fraction of sp³-hybridized carbons (Fsp3) is 0.522. The molecule has 1 aliphatic heterocycles. The van der Waals surface area contributed by atoms with E-state index in [0.29, 0.717) is 0 Å². The molecule has 5 nitrogen and oxygen atoms in total. The van der Waals surface area contributed by atoms with Crippen molar-refractivity contribution in [3.63, 3.8) is 0 Å². The summed E-state index contributed by atoms with van der Waals surface area (Å²) in [5.41, 5.74) is 1.34. The predicted molar refractivity (Wildman–Crippen MR) is 137 cm³/mol. The van der Waals surface area contributed by atoms with Gasteiger partial charge in [0.05, 0.1) is 13.7 Å². The van der Waals surface area contributed by atoms with Crippen molar-refractivity contribution < 1.29 is 9.47 Å². The van der Waals surface area contributed by atoms with Gasteiger partial charge in [0.2, 0.25) is 0 Å². The molecule has 0 aliphatic carbocycles. The lowest BCUT2D eigenvalue weighted by Gasteiger charge is -2.37. The third kappa shape index (κ3) is 6.59. The van der Waals surface area contributed by atoms with Gasteiger partial charge in [-0.2, -0.15) is 0 Å². The van der Waals surface area contributed by atoms with Gasteiger partial charge in [0.25, 0.3) is 0 Å². The van der Waals surface area contributed by atoms with Crippen molar-refractivity contribution in [3.8, 4) is 5.75 Å². The second-order valence-electron chi connectivity index (χ2n) is 7.54. The Balaban J connectivity index is 0.00000320. The molecule has 1 aromatic heterocycles. The zero-order valence-corrected chi connectivity index (χ0v) is 21.4. The molecule has 1 saturated heterocycles. The minimum atomic E-state index is 0. The highest BCUT2D eigenvalue weighted by molar-refractivity contribution is 14.0. The molecule has 0 radical (unpaired) electrons. The highest BCUT2D eigenvalue weighted by atomic mass is 127. The lowest BCUT2D eigenvalue weighted by Crippen LogP contribution is -2.42. The predicted octanol–water partition coefficient (Wildman–Crippen LogP) is 4.56. The molecule has 1 aromatic carbocycles. The number of hydrogen-bond donors (Lipinski definition) is 1. The molecule has 166 valence electrons. The Kier molecular flexibility index (Phi) is 10.4. The van der Waals surface area contributed by atoms with Crippen molar-refractivity contribution in [2.75, 3.05) is 47.0 Å². The number of thiophene rings is 1.